The second-order valence-corrected chi connectivity index (χ2v) is 7.08. The van der Waals surface area contributed by atoms with Gasteiger partial charge in [-0.05, 0) is 38.0 Å². The number of pyridine rings is 1. The molecule has 134 valence electrons. The normalized spacial score (nSPS) is 12.5. The third kappa shape index (κ3) is 4.50. The maximum absolute atomic E-state index is 12.3. The molecule has 0 aliphatic rings. The Balaban J connectivity index is 2.00. The zero-order valence-electron chi connectivity index (χ0n) is 15.6. The highest BCUT2D eigenvalue weighted by Gasteiger charge is 2.28. The molecule has 1 heterocycles. The molecule has 0 saturated carbocycles. The third-order valence-corrected chi connectivity index (χ3v) is 4.87. The number of aromatic nitrogens is 1. The molecule has 0 radical (unpaired) electrons. The van der Waals surface area contributed by atoms with Gasteiger partial charge in [-0.3, -0.25) is 4.79 Å². The zero-order valence-corrected chi connectivity index (χ0v) is 15.6. The minimum absolute atomic E-state index is 0.0766. The molecule has 3 N–H and O–H groups in total. The fourth-order valence-electron chi connectivity index (χ4n) is 2.82. The first-order valence-electron chi connectivity index (χ1n) is 8.51. The number of benzene rings is 1. The van der Waals surface area contributed by atoms with Crippen molar-refractivity contribution in [2.45, 2.75) is 52.6 Å². The van der Waals surface area contributed by atoms with Crippen LogP contribution in [-0.2, 0) is 12.0 Å². The highest BCUT2D eigenvalue weighted by molar-refractivity contribution is 5.74. The van der Waals surface area contributed by atoms with E-state index in [2.05, 4.69) is 41.6 Å². The van der Waals surface area contributed by atoms with E-state index in [0.29, 0.717) is 5.56 Å². The summed E-state index contributed by atoms with van der Waals surface area (Å²) in [4.78, 5) is 27.0. The van der Waals surface area contributed by atoms with Gasteiger partial charge in [0, 0.05) is 22.7 Å². The van der Waals surface area contributed by atoms with Gasteiger partial charge in [-0.25, -0.2) is 4.79 Å². The SMILES string of the molecule is Cc1cc(C)c(CNC(=O)NC(C)C(C)(C)c2ccccc2)c(=O)[nH]1. The number of H-pyrrole nitrogens is 1. The van der Waals surface area contributed by atoms with E-state index in [0.717, 1.165) is 16.8 Å². The van der Waals surface area contributed by atoms with Crippen LogP contribution in [0.25, 0.3) is 0 Å². The predicted octanol–water partition coefficient (Wildman–Crippen LogP) is 3.16. The van der Waals surface area contributed by atoms with E-state index < -0.39 is 0 Å². The lowest BCUT2D eigenvalue weighted by molar-refractivity contribution is 0.231. The molecule has 0 fully saturated rings. The van der Waals surface area contributed by atoms with Crippen molar-refractivity contribution in [2.24, 2.45) is 0 Å². The molecular weight excluding hydrogens is 314 g/mol. The fourth-order valence-corrected chi connectivity index (χ4v) is 2.82. The molecule has 5 heteroatoms. The van der Waals surface area contributed by atoms with Crippen LogP contribution in [-0.4, -0.2) is 17.1 Å². The number of carbonyl (C=O) groups is 1. The smallest absolute Gasteiger partial charge is 0.315 e. The molecule has 2 rings (SSSR count). The van der Waals surface area contributed by atoms with Crippen LogP contribution in [0.2, 0.25) is 0 Å². The lowest BCUT2D eigenvalue weighted by Crippen LogP contribution is -2.49. The quantitative estimate of drug-likeness (QED) is 0.781. The number of rotatable bonds is 5. The Bertz CT molecular complexity index is 794. The molecule has 0 spiro atoms. The average molecular weight is 341 g/mol. The second kappa shape index (κ2) is 7.55. The van der Waals surface area contributed by atoms with Crippen molar-refractivity contribution >= 4 is 6.03 Å². The van der Waals surface area contributed by atoms with Gasteiger partial charge in [0.1, 0.15) is 0 Å². The van der Waals surface area contributed by atoms with Crippen LogP contribution in [0.4, 0.5) is 4.79 Å². The van der Waals surface area contributed by atoms with Crippen molar-refractivity contribution in [1.29, 1.82) is 0 Å². The summed E-state index contributed by atoms with van der Waals surface area (Å²) < 4.78 is 0. The standard InChI is InChI=1S/C20H27N3O2/c1-13-11-14(2)22-18(24)17(13)12-21-19(25)23-15(3)20(4,5)16-9-7-6-8-10-16/h6-11,15H,12H2,1-5H3,(H,22,24)(H2,21,23,25). The van der Waals surface area contributed by atoms with E-state index in [9.17, 15) is 9.59 Å². The van der Waals surface area contributed by atoms with Gasteiger partial charge in [-0.1, -0.05) is 44.2 Å². The number of hydrogen-bond acceptors (Lipinski definition) is 2. The van der Waals surface area contributed by atoms with Crippen LogP contribution in [0.3, 0.4) is 0 Å². The van der Waals surface area contributed by atoms with Gasteiger partial charge >= 0.3 is 6.03 Å². The highest BCUT2D eigenvalue weighted by Crippen LogP contribution is 2.26. The van der Waals surface area contributed by atoms with Crippen LogP contribution in [0.15, 0.2) is 41.2 Å². The van der Waals surface area contributed by atoms with Crippen molar-refractivity contribution < 1.29 is 4.79 Å². The molecule has 0 bridgehead atoms. The minimum atomic E-state index is -0.282. The van der Waals surface area contributed by atoms with E-state index in [1.807, 2.05) is 45.0 Å². The van der Waals surface area contributed by atoms with Gasteiger partial charge in [0.25, 0.3) is 5.56 Å². The van der Waals surface area contributed by atoms with Gasteiger partial charge in [0.05, 0.1) is 6.54 Å². The number of urea groups is 1. The fraction of sp³-hybridized carbons (Fsp3) is 0.400. The lowest BCUT2D eigenvalue weighted by Gasteiger charge is -2.33. The minimum Gasteiger partial charge on any atom is -0.335 e. The second-order valence-electron chi connectivity index (χ2n) is 7.08. The highest BCUT2D eigenvalue weighted by atomic mass is 16.2. The molecule has 2 aromatic rings. The van der Waals surface area contributed by atoms with E-state index in [4.69, 9.17) is 0 Å². The maximum atomic E-state index is 12.3. The molecule has 1 aromatic carbocycles. The summed E-state index contributed by atoms with van der Waals surface area (Å²) in [6.45, 7) is 10.1. The van der Waals surface area contributed by atoms with Gasteiger partial charge in [0.15, 0.2) is 0 Å². The Morgan fingerprint density at radius 3 is 2.44 bits per heavy atom. The molecule has 2 amide bonds. The van der Waals surface area contributed by atoms with E-state index in [1.54, 1.807) is 0 Å². The average Bonchev–Trinajstić information content (AvgIpc) is 2.54. The molecule has 1 atom stereocenters. The number of hydrogen-bond donors (Lipinski definition) is 3. The zero-order chi connectivity index (χ0) is 18.6. The van der Waals surface area contributed by atoms with Gasteiger partial charge in [-0.2, -0.15) is 0 Å². The Morgan fingerprint density at radius 2 is 1.84 bits per heavy atom. The topological polar surface area (TPSA) is 74.0 Å². The summed E-state index contributed by atoms with van der Waals surface area (Å²) in [6, 6.07) is 11.6. The molecule has 0 aliphatic heterocycles. The Hall–Kier alpha value is -2.56. The summed E-state index contributed by atoms with van der Waals surface area (Å²) in [5.74, 6) is 0. The number of aromatic amines is 1. The van der Waals surface area contributed by atoms with Crippen molar-refractivity contribution in [1.82, 2.24) is 15.6 Å². The molecule has 0 aliphatic carbocycles. The van der Waals surface area contributed by atoms with E-state index >= 15 is 0 Å². The molecule has 5 nitrogen and oxygen atoms in total. The van der Waals surface area contributed by atoms with E-state index in [-0.39, 0.29) is 29.6 Å². The van der Waals surface area contributed by atoms with Crippen LogP contribution >= 0.6 is 0 Å². The summed E-state index contributed by atoms with van der Waals surface area (Å²) in [5, 5.41) is 5.76. The molecule has 0 saturated heterocycles. The Labute approximate surface area is 148 Å². The summed E-state index contributed by atoms with van der Waals surface area (Å²) >= 11 is 0. The van der Waals surface area contributed by atoms with Crippen LogP contribution < -0.4 is 16.2 Å². The maximum Gasteiger partial charge on any atom is 0.315 e. The summed E-state index contributed by atoms with van der Waals surface area (Å²) in [6.07, 6.45) is 0. The van der Waals surface area contributed by atoms with Gasteiger partial charge < -0.3 is 15.6 Å². The van der Waals surface area contributed by atoms with Gasteiger partial charge in [-0.15, -0.1) is 0 Å². The number of aryl methyl sites for hydroxylation is 2. The van der Waals surface area contributed by atoms with Crippen molar-refractivity contribution in [3.05, 3.63) is 69.1 Å². The van der Waals surface area contributed by atoms with Crippen molar-refractivity contribution in [3.8, 4) is 0 Å². The molecule has 1 unspecified atom stereocenters. The molecule has 1 aromatic heterocycles. The molecule has 25 heavy (non-hydrogen) atoms. The lowest BCUT2D eigenvalue weighted by atomic mass is 9.78. The third-order valence-electron chi connectivity index (χ3n) is 4.87. The Kier molecular flexibility index (Phi) is 5.67. The van der Waals surface area contributed by atoms with Crippen LogP contribution in [0.5, 0.6) is 0 Å². The van der Waals surface area contributed by atoms with Crippen molar-refractivity contribution in [2.75, 3.05) is 0 Å². The van der Waals surface area contributed by atoms with Gasteiger partial charge in [0.2, 0.25) is 0 Å². The first-order chi connectivity index (χ1) is 11.7. The summed E-state index contributed by atoms with van der Waals surface area (Å²) in [5.41, 5.74) is 3.06. The molecular formula is C20H27N3O2. The summed E-state index contributed by atoms with van der Waals surface area (Å²) in [7, 11) is 0. The van der Waals surface area contributed by atoms with Crippen molar-refractivity contribution in [3.63, 3.8) is 0 Å². The van der Waals surface area contributed by atoms with Crippen LogP contribution in [0.1, 0.15) is 43.2 Å². The first-order valence-corrected chi connectivity index (χ1v) is 8.51. The largest absolute Gasteiger partial charge is 0.335 e. The first kappa shape index (κ1) is 18.8. The Morgan fingerprint density at radius 1 is 1.20 bits per heavy atom. The predicted molar refractivity (Wildman–Crippen MR) is 101 cm³/mol. The monoisotopic (exact) mass is 341 g/mol. The van der Waals surface area contributed by atoms with E-state index in [1.165, 1.54) is 0 Å². The number of amides is 2. The number of nitrogens with one attached hydrogen (secondary N) is 3. The number of carbonyl (C=O) groups excluding carboxylic acids is 1. The van der Waals surface area contributed by atoms with Crippen LogP contribution in [0, 0.1) is 13.8 Å².